The van der Waals surface area contributed by atoms with Crippen molar-refractivity contribution in [1.29, 1.82) is 0 Å². The van der Waals surface area contributed by atoms with Crippen LogP contribution in [0.4, 0.5) is 0 Å². The average molecular weight is 199 g/mol. The molecule has 0 aliphatic carbocycles. The standard InChI is InChI=1S/C12H13N3/c13-12(11-2-1-5-15-9-11)8-10-3-6-14-7-4-10/h1-7,9,12H,8,13H2/t12-/m1/s1. The number of rotatable bonds is 3. The maximum atomic E-state index is 6.07. The fourth-order valence-electron chi connectivity index (χ4n) is 1.49. The van der Waals surface area contributed by atoms with Gasteiger partial charge in [0.15, 0.2) is 0 Å². The van der Waals surface area contributed by atoms with Crippen LogP contribution in [0, 0.1) is 0 Å². The molecule has 0 aliphatic heterocycles. The molecule has 0 saturated heterocycles. The van der Waals surface area contributed by atoms with Gasteiger partial charge in [-0.2, -0.15) is 0 Å². The van der Waals surface area contributed by atoms with Crippen molar-refractivity contribution in [2.45, 2.75) is 12.5 Å². The van der Waals surface area contributed by atoms with E-state index in [0.29, 0.717) is 0 Å². The van der Waals surface area contributed by atoms with Gasteiger partial charge in [-0.3, -0.25) is 9.97 Å². The van der Waals surface area contributed by atoms with Crippen LogP contribution >= 0.6 is 0 Å². The van der Waals surface area contributed by atoms with Crippen LogP contribution in [0.5, 0.6) is 0 Å². The molecule has 3 heteroatoms. The molecule has 3 nitrogen and oxygen atoms in total. The van der Waals surface area contributed by atoms with E-state index in [1.54, 1.807) is 18.6 Å². The van der Waals surface area contributed by atoms with E-state index >= 15 is 0 Å². The second-order valence-corrected chi connectivity index (χ2v) is 3.45. The summed E-state index contributed by atoms with van der Waals surface area (Å²) in [5.41, 5.74) is 8.33. The molecule has 15 heavy (non-hydrogen) atoms. The number of hydrogen-bond donors (Lipinski definition) is 1. The first kappa shape index (κ1) is 9.80. The van der Waals surface area contributed by atoms with Crippen LogP contribution in [-0.2, 0) is 6.42 Å². The highest BCUT2D eigenvalue weighted by atomic mass is 14.7. The zero-order valence-electron chi connectivity index (χ0n) is 8.38. The van der Waals surface area contributed by atoms with Crippen molar-refractivity contribution in [3.8, 4) is 0 Å². The van der Waals surface area contributed by atoms with Crippen LogP contribution in [0.1, 0.15) is 17.2 Å². The van der Waals surface area contributed by atoms with Crippen LogP contribution in [-0.4, -0.2) is 9.97 Å². The number of pyridine rings is 2. The normalized spacial score (nSPS) is 12.3. The molecule has 2 aromatic rings. The van der Waals surface area contributed by atoms with Crippen LogP contribution in [0.2, 0.25) is 0 Å². The second kappa shape index (κ2) is 4.66. The lowest BCUT2D eigenvalue weighted by molar-refractivity contribution is 0.717. The number of hydrogen-bond acceptors (Lipinski definition) is 3. The Morgan fingerprint density at radius 1 is 1.07 bits per heavy atom. The first-order valence-electron chi connectivity index (χ1n) is 4.90. The summed E-state index contributed by atoms with van der Waals surface area (Å²) >= 11 is 0. The van der Waals surface area contributed by atoms with Crippen molar-refractivity contribution in [1.82, 2.24) is 9.97 Å². The Hall–Kier alpha value is -1.74. The van der Waals surface area contributed by atoms with Gasteiger partial charge in [-0.25, -0.2) is 0 Å². The summed E-state index contributed by atoms with van der Waals surface area (Å²) in [6.45, 7) is 0. The Kier molecular flexibility index (Phi) is 3.05. The lowest BCUT2D eigenvalue weighted by Crippen LogP contribution is -2.13. The van der Waals surface area contributed by atoms with Crippen molar-refractivity contribution in [2.75, 3.05) is 0 Å². The third-order valence-corrected chi connectivity index (χ3v) is 2.32. The Bertz CT molecular complexity index is 400. The van der Waals surface area contributed by atoms with Gasteiger partial charge in [0.25, 0.3) is 0 Å². The zero-order valence-corrected chi connectivity index (χ0v) is 8.38. The molecule has 0 spiro atoms. The Morgan fingerprint density at radius 3 is 2.53 bits per heavy atom. The monoisotopic (exact) mass is 199 g/mol. The van der Waals surface area contributed by atoms with Gasteiger partial charge in [0, 0.05) is 30.8 Å². The van der Waals surface area contributed by atoms with Gasteiger partial charge in [-0.15, -0.1) is 0 Å². The fraction of sp³-hybridized carbons (Fsp3) is 0.167. The van der Waals surface area contributed by atoms with Gasteiger partial charge in [0.2, 0.25) is 0 Å². The van der Waals surface area contributed by atoms with Crippen molar-refractivity contribution in [3.63, 3.8) is 0 Å². The third-order valence-electron chi connectivity index (χ3n) is 2.32. The van der Waals surface area contributed by atoms with Crippen molar-refractivity contribution >= 4 is 0 Å². The van der Waals surface area contributed by atoms with Gasteiger partial charge in [0.1, 0.15) is 0 Å². The highest BCUT2D eigenvalue weighted by Crippen LogP contribution is 2.13. The highest BCUT2D eigenvalue weighted by Gasteiger charge is 2.06. The molecule has 0 radical (unpaired) electrons. The lowest BCUT2D eigenvalue weighted by atomic mass is 10.0. The van der Waals surface area contributed by atoms with Crippen LogP contribution in [0.3, 0.4) is 0 Å². The molecule has 2 N–H and O–H groups in total. The summed E-state index contributed by atoms with van der Waals surface area (Å²) < 4.78 is 0. The van der Waals surface area contributed by atoms with E-state index in [1.165, 1.54) is 5.56 Å². The smallest absolute Gasteiger partial charge is 0.0351 e. The summed E-state index contributed by atoms with van der Waals surface area (Å²) in [4.78, 5) is 8.03. The third kappa shape index (κ3) is 2.60. The molecule has 0 unspecified atom stereocenters. The van der Waals surface area contributed by atoms with E-state index < -0.39 is 0 Å². The molecule has 76 valence electrons. The molecule has 0 aliphatic rings. The Balaban J connectivity index is 2.08. The maximum absolute atomic E-state index is 6.07. The van der Waals surface area contributed by atoms with Gasteiger partial charge in [-0.1, -0.05) is 6.07 Å². The summed E-state index contributed by atoms with van der Waals surface area (Å²) in [5.74, 6) is 0. The maximum Gasteiger partial charge on any atom is 0.0351 e. The van der Waals surface area contributed by atoms with Crippen molar-refractivity contribution in [2.24, 2.45) is 5.73 Å². The van der Waals surface area contributed by atoms with E-state index in [4.69, 9.17) is 5.73 Å². The zero-order chi connectivity index (χ0) is 10.5. The molecule has 2 heterocycles. The SMILES string of the molecule is N[C@H](Cc1ccncc1)c1cccnc1. The molecule has 0 aromatic carbocycles. The summed E-state index contributed by atoms with van der Waals surface area (Å²) in [7, 11) is 0. The summed E-state index contributed by atoms with van der Waals surface area (Å²) in [5, 5.41) is 0. The van der Waals surface area contributed by atoms with Crippen molar-refractivity contribution < 1.29 is 0 Å². The predicted molar refractivity (Wildman–Crippen MR) is 59.1 cm³/mol. The molecule has 0 fully saturated rings. The van der Waals surface area contributed by atoms with E-state index in [9.17, 15) is 0 Å². The van der Waals surface area contributed by atoms with Crippen LogP contribution in [0.15, 0.2) is 49.1 Å². The van der Waals surface area contributed by atoms with Crippen LogP contribution < -0.4 is 5.73 Å². The van der Waals surface area contributed by atoms with Gasteiger partial charge >= 0.3 is 0 Å². The number of aromatic nitrogens is 2. The van der Waals surface area contributed by atoms with Crippen LogP contribution in [0.25, 0.3) is 0 Å². The Morgan fingerprint density at radius 2 is 1.87 bits per heavy atom. The molecular weight excluding hydrogens is 186 g/mol. The molecule has 0 amide bonds. The molecule has 0 saturated carbocycles. The highest BCUT2D eigenvalue weighted by molar-refractivity contribution is 5.19. The van der Waals surface area contributed by atoms with Gasteiger partial charge in [-0.05, 0) is 35.7 Å². The molecular formula is C12H13N3. The second-order valence-electron chi connectivity index (χ2n) is 3.45. The first-order chi connectivity index (χ1) is 7.36. The van der Waals surface area contributed by atoms with E-state index in [0.717, 1.165) is 12.0 Å². The minimum atomic E-state index is 0.00102. The molecule has 2 aromatic heterocycles. The average Bonchev–Trinajstić information content (AvgIpc) is 2.31. The fourth-order valence-corrected chi connectivity index (χ4v) is 1.49. The number of nitrogens with zero attached hydrogens (tertiary/aromatic N) is 2. The molecule has 2 rings (SSSR count). The van der Waals surface area contributed by atoms with Crippen molar-refractivity contribution in [3.05, 3.63) is 60.2 Å². The first-order valence-corrected chi connectivity index (χ1v) is 4.90. The molecule has 1 atom stereocenters. The largest absolute Gasteiger partial charge is 0.324 e. The van der Waals surface area contributed by atoms with E-state index in [2.05, 4.69) is 9.97 Å². The number of nitrogens with two attached hydrogens (primary N) is 1. The lowest BCUT2D eigenvalue weighted by Gasteiger charge is -2.10. The topological polar surface area (TPSA) is 51.8 Å². The van der Waals surface area contributed by atoms with E-state index in [-0.39, 0.29) is 6.04 Å². The van der Waals surface area contributed by atoms with E-state index in [1.807, 2.05) is 30.5 Å². The Labute approximate surface area is 89.0 Å². The quantitative estimate of drug-likeness (QED) is 0.818. The summed E-state index contributed by atoms with van der Waals surface area (Å²) in [6.07, 6.45) is 7.94. The summed E-state index contributed by atoms with van der Waals surface area (Å²) in [6, 6.07) is 7.87. The predicted octanol–water partition coefficient (Wildman–Crippen LogP) is 1.72. The van der Waals surface area contributed by atoms with Gasteiger partial charge in [0.05, 0.1) is 0 Å². The minimum Gasteiger partial charge on any atom is -0.324 e. The molecule has 0 bridgehead atoms. The van der Waals surface area contributed by atoms with Gasteiger partial charge < -0.3 is 5.73 Å². The minimum absolute atomic E-state index is 0.00102.